The lowest BCUT2D eigenvalue weighted by Gasteiger charge is -2.21. The summed E-state index contributed by atoms with van der Waals surface area (Å²) >= 11 is 0. The van der Waals surface area contributed by atoms with Crippen molar-refractivity contribution in [2.75, 3.05) is 23.9 Å². The Morgan fingerprint density at radius 1 is 0.484 bits per heavy atom. The van der Waals surface area contributed by atoms with Gasteiger partial charge < -0.3 is 9.80 Å². The average molecular weight is 407 g/mol. The van der Waals surface area contributed by atoms with Gasteiger partial charge in [0.15, 0.2) is 0 Å². The van der Waals surface area contributed by atoms with Gasteiger partial charge in [0, 0.05) is 36.8 Å². The van der Waals surface area contributed by atoms with E-state index >= 15 is 0 Å². The summed E-state index contributed by atoms with van der Waals surface area (Å²) in [5.41, 5.74) is 9.85. The molecule has 0 aliphatic rings. The highest BCUT2D eigenvalue weighted by Crippen LogP contribution is 2.30. The van der Waals surface area contributed by atoms with Crippen molar-refractivity contribution in [2.45, 2.75) is 20.3 Å². The third-order valence-electron chi connectivity index (χ3n) is 6.00. The molecule has 0 atom stereocenters. The summed E-state index contributed by atoms with van der Waals surface area (Å²) in [6.45, 7) is 4.30. The fraction of sp³-hybridized carbons (Fsp3) is 0.172. The van der Waals surface area contributed by atoms with Gasteiger partial charge in [0.25, 0.3) is 0 Å². The van der Waals surface area contributed by atoms with Crippen molar-refractivity contribution in [2.24, 2.45) is 0 Å². The predicted molar refractivity (Wildman–Crippen MR) is 135 cm³/mol. The van der Waals surface area contributed by atoms with Gasteiger partial charge >= 0.3 is 0 Å². The molecule has 0 fully saturated rings. The van der Waals surface area contributed by atoms with Gasteiger partial charge in [-0.3, -0.25) is 0 Å². The smallest absolute Gasteiger partial charge is 0.0408 e. The van der Waals surface area contributed by atoms with Gasteiger partial charge in [-0.1, -0.05) is 61.0 Å². The highest BCUT2D eigenvalue weighted by molar-refractivity contribution is 5.72. The van der Waals surface area contributed by atoms with Crippen molar-refractivity contribution < 1.29 is 0 Å². The molecule has 0 N–H and O–H groups in total. The maximum Gasteiger partial charge on any atom is 0.0408 e. The van der Waals surface area contributed by atoms with Crippen molar-refractivity contribution in [3.8, 4) is 11.1 Å². The minimum absolute atomic E-state index is 1.07. The Bertz CT molecular complexity index is 1110. The Labute approximate surface area is 186 Å². The average Bonchev–Trinajstić information content (AvgIpc) is 2.84. The zero-order chi connectivity index (χ0) is 21.8. The van der Waals surface area contributed by atoms with E-state index in [9.17, 15) is 0 Å². The van der Waals surface area contributed by atoms with Crippen molar-refractivity contribution in [1.29, 1.82) is 0 Å². The van der Waals surface area contributed by atoms with Crippen molar-refractivity contribution in [3.05, 3.63) is 108 Å². The standard InChI is InChI=1S/C29H30N2/c1-5-23-8-16-27(17-9-23)31(4)29-20-12-25(13-21-29)24-10-18-28(19-11-24)30(3)26-14-6-22(2)7-15-26/h6-21H,5H2,1-4H3. The molecule has 0 aromatic heterocycles. The van der Waals surface area contributed by atoms with Gasteiger partial charge in [0.05, 0.1) is 0 Å². The first-order valence-electron chi connectivity index (χ1n) is 10.9. The van der Waals surface area contributed by atoms with Crippen LogP contribution in [0.2, 0.25) is 0 Å². The number of benzene rings is 4. The van der Waals surface area contributed by atoms with E-state index in [0.717, 1.165) is 6.42 Å². The highest BCUT2D eigenvalue weighted by atomic mass is 15.1. The van der Waals surface area contributed by atoms with Crippen LogP contribution < -0.4 is 9.80 Å². The molecule has 0 aliphatic carbocycles. The SMILES string of the molecule is CCc1ccc(N(C)c2ccc(-c3ccc(N(C)c4ccc(C)cc4)cc3)cc2)cc1. The lowest BCUT2D eigenvalue weighted by molar-refractivity contribution is 1.13. The van der Waals surface area contributed by atoms with Crippen LogP contribution in [0.15, 0.2) is 97.1 Å². The molecule has 2 nitrogen and oxygen atoms in total. The first-order valence-corrected chi connectivity index (χ1v) is 10.9. The molecule has 0 heterocycles. The molecule has 0 bridgehead atoms. The zero-order valence-electron chi connectivity index (χ0n) is 18.8. The van der Waals surface area contributed by atoms with Gasteiger partial charge in [-0.2, -0.15) is 0 Å². The summed E-state index contributed by atoms with van der Waals surface area (Å²) < 4.78 is 0. The summed E-state index contributed by atoms with van der Waals surface area (Å²) in [5, 5.41) is 0. The van der Waals surface area contributed by atoms with Crippen LogP contribution in [0.3, 0.4) is 0 Å². The van der Waals surface area contributed by atoms with Crippen molar-refractivity contribution >= 4 is 22.7 Å². The Morgan fingerprint density at radius 2 is 0.806 bits per heavy atom. The molecule has 0 spiro atoms. The van der Waals surface area contributed by atoms with Gasteiger partial charge in [-0.05, 0) is 78.6 Å². The summed E-state index contributed by atoms with van der Waals surface area (Å²) in [5.74, 6) is 0. The molecule has 0 saturated carbocycles. The molecule has 0 aliphatic heterocycles. The van der Waals surface area contributed by atoms with Crippen LogP contribution in [-0.2, 0) is 6.42 Å². The maximum atomic E-state index is 2.23. The lowest BCUT2D eigenvalue weighted by Crippen LogP contribution is -2.09. The monoisotopic (exact) mass is 406 g/mol. The lowest BCUT2D eigenvalue weighted by atomic mass is 10.0. The third kappa shape index (κ3) is 4.64. The molecule has 4 aromatic rings. The second-order valence-electron chi connectivity index (χ2n) is 8.07. The topological polar surface area (TPSA) is 6.48 Å². The molecular formula is C29H30N2. The van der Waals surface area contributed by atoms with Crippen LogP contribution in [0.1, 0.15) is 18.1 Å². The van der Waals surface area contributed by atoms with Gasteiger partial charge in [0.1, 0.15) is 0 Å². The molecule has 4 rings (SSSR count). The fourth-order valence-corrected chi connectivity index (χ4v) is 3.78. The first kappa shape index (κ1) is 20.7. The van der Waals surface area contributed by atoms with Crippen LogP contribution in [0.4, 0.5) is 22.7 Å². The fourth-order valence-electron chi connectivity index (χ4n) is 3.78. The Balaban J connectivity index is 1.49. The molecule has 31 heavy (non-hydrogen) atoms. The number of rotatable bonds is 6. The molecule has 0 unspecified atom stereocenters. The van der Waals surface area contributed by atoms with Gasteiger partial charge in [0.2, 0.25) is 0 Å². The van der Waals surface area contributed by atoms with Gasteiger partial charge in [-0.25, -0.2) is 0 Å². The number of hydrogen-bond donors (Lipinski definition) is 0. The maximum absolute atomic E-state index is 2.23. The van der Waals surface area contributed by atoms with Crippen molar-refractivity contribution in [1.82, 2.24) is 0 Å². The minimum atomic E-state index is 1.07. The molecule has 4 aromatic carbocycles. The summed E-state index contributed by atoms with van der Waals surface area (Å²) in [6, 6.07) is 35.0. The van der Waals surface area contributed by atoms with Crippen LogP contribution in [-0.4, -0.2) is 14.1 Å². The Hall–Kier alpha value is -3.52. The van der Waals surface area contributed by atoms with E-state index in [2.05, 4.69) is 135 Å². The van der Waals surface area contributed by atoms with Crippen LogP contribution >= 0.6 is 0 Å². The molecular weight excluding hydrogens is 376 g/mol. The molecule has 0 radical (unpaired) electrons. The van der Waals surface area contributed by atoms with Crippen LogP contribution in [0.5, 0.6) is 0 Å². The largest absolute Gasteiger partial charge is 0.345 e. The molecule has 156 valence electrons. The van der Waals surface area contributed by atoms with Gasteiger partial charge in [-0.15, -0.1) is 0 Å². The van der Waals surface area contributed by atoms with E-state index in [-0.39, 0.29) is 0 Å². The molecule has 0 amide bonds. The van der Waals surface area contributed by atoms with E-state index in [0.29, 0.717) is 0 Å². The highest BCUT2D eigenvalue weighted by Gasteiger charge is 2.07. The number of hydrogen-bond acceptors (Lipinski definition) is 2. The number of nitrogens with zero attached hydrogens (tertiary/aromatic N) is 2. The molecule has 0 saturated heterocycles. The molecule has 2 heteroatoms. The second kappa shape index (κ2) is 9.09. The predicted octanol–water partition coefficient (Wildman–Crippen LogP) is 7.76. The first-order chi connectivity index (χ1) is 15.0. The van der Waals surface area contributed by atoms with E-state index in [1.54, 1.807) is 0 Å². The summed E-state index contributed by atoms with van der Waals surface area (Å²) in [4.78, 5) is 4.44. The number of aryl methyl sites for hydroxylation is 2. The third-order valence-corrected chi connectivity index (χ3v) is 6.00. The quantitative estimate of drug-likeness (QED) is 0.323. The van der Waals surface area contributed by atoms with E-state index < -0.39 is 0 Å². The van der Waals surface area contributed by atoms with E-state index in [1.807, 2.05) is 0 Å². The summed E-state index contributed by atoms with van der Waals surface area (Å²) in [6.07, 6.45) is 1.07. The van der Waals surface area contributed by atoms with Crippen molar-refractivity contribution in [3.63, 3.8) is 0 Å². The summed E-state index contributed by atoms with van der Waals surface area (Å²) in [7, 11) is 4.23. The van der Waals surface area contributed by atoms with Crippen LogP contribution in [0.25, 0.3) is 11.1 Å². The second-order valence-corrected chi connectivity index (χ2v) is 8.07. The van der Waals surface area contributed by atoms with E-state index in [4.69, 9.17) is 0 Å². The van der Waals surface area contributed by atoms with E-state index in [1.165, 1.54) is 45.0 Å². The normalized spacial score (nSPS) is 10.7. The van der Waals surface area contributed by atoms with Crippen LogP contribution in [0, 0.1) is 6.92 Å². The minimum Gasteiger partial charge on any atom is -0.345 e. The zero-order valence-corrected chi connectivity index (χ0v) is 18.8. The Morgan fingerprint density at radius 3 is 1.16 bits per heavy atom. The number of anilines is 4. The Kier molecular flexibility index (Phi) is 6.08.